The molecule has 1 aliphatic heterocycles. The van der Waals surface area contributed by atoms with E-state index >= 15 is 0 Å². The monoisotopic (exact) mass is 277 g/mol. The second-order valence-corrected chi connectivity index (χ2v) is 5.49. The van der Waals surface area contributed by atoms with Gasteiger partial charge >= 0.3 is 0 Å². The molecule has 0 bridgehead atoms. The smallest absolute Gasteiger partial charge is 0.101 e. The molecule has 1 aliphatic rings. The summed E-state index contributed by atoms with van der Waals surface area (Å²) in [6, 6.07) is 8.45. The normalized spacial score (nSPS) is 18.1. The Morgan fingerprint density at radius 3 is 2.58 bits per heavy atom. The molecule has 102 valence electrons. The van der Waals surface area contributed by atoms with E-state index in [2.05, 4.69) is 29.7 Å². The van der Waals surface area contributed by atoms with Crippen LogP contribution in [0.15, 0.2) is 18.2 Å². The van der Waals surface area contributed by atoms with Crippen LogP contribution in [0.2, 0.25) is 5.02 Å². The molecular weight excluding hydrogens is 258 g/mol. The predicted octanol–water partition coefficient (Wildman–Crippen LogP) is 3.13. The molecule has 1 saturated heterocycles. The summed E-state index contributed by atoms with van der Waals surface area (Å²) < 4.78 is 0. The van der Waals surface area contributed by atoms with Crippen molar-refractivity contribution in [1.29, 1.82) is 5.26 Å². The largest absolute Gasteiger partial charge is 0.368 e. The quantitative estimate of drug-likeness (QED) is 0.850. The van der Waals surface area contributed by atoms with Gasteiger partial charge in [0, 0.05) is 37.2 Å². The molecule has 1 atom stereocenters. The average molecular weight is 278 g/mol. The first kappa shape index (κ1) is 14.2. The van der Waals surface area contributed by atoms with Crippen LogP contribution < -0.4 is 4.90 Å². The van der Waals surface area contributed by atoms with Gasteiger partial charge in [0.25, 0.3) is 0 Å². The molecule has 1 heterocycles. The number of hydrogen-bond acceptors (Lipinski definition) is 3. The van der Waals surface area contributed by atoms with E-state index in [9.17, 15) is 5.26 Å². The minimum Gasteiger partial charge on any atom is -0.368 e. The van der Waals surface area contributed by atoms with E-state index < -0.39 is 0 Å². The number of hydrogen-bond donors (Lipinski definition) is 0. The summed E-state index contributed by atoms with van der Waals surface area (Å²) in [4.78, 5) is 4.80. The fourth-order valence-corrected chi connectivity index (χ4v) is 2.71. The Balaban J connectivity index is 2.08. The van der Waals surface area contributed by atoms with Crippen molar-refractivity contribution in [2.45, 2.75) is 26.3 Å². The number of anilines is 1. The predicted molar refractivity (Wildman–Crippen MR) is 79.7 cm³/mol. The first-order chi connectivity index (χ1) is 9.15. The highest BCUT2D eigenvalue weighted by Gasteiger charge is 2.21. The molecule has 3 nitrogen and oxygen atoms in total. The van der Waals surface area contributed by atoms with Crippen LogP contribution in [0.25, 0.3) is 0 Å². The first-order valence-corrected chi connectivity index (χ1v) is 7.22. The summed E-state index contributed by atoms with van der Waals surface area (Å²) in [5.74, 6) is 0. The number of halogens is 1. The molecule has 0 spiro atoms. The van der Waals surface area contributed by atoms with Gasteiger partial charge in [0.05, 0.1) is 11.3 Å². The van der Waals surface area contributed by atoms with Crippen molar-refractivity contribution < 1.29 is 0 Å². The topological polar surface area (TPSA) is 30.3 Å². The lowest BCUT2D eigenvalue weighted by Gasteiger charge is -2.39. The maximum atomic E-state index is 9.21. The summed E-state index contributed by atoms with van der Waals surface area (Å²) >= 11 is 5.94. The van der Waals surface area contributed by atoms with E-state index in [4.69, 9.17) is 11.6 Å². The minimum absolute atomic E-state index is 0.624. The zero-order chi connectivity index (χ0) is 13.8. The third-order valence-electron chi connectivity index (χ3n) is 3.95. The molecule has 0 N–H and O–H groups in total. The van der Waals surface area contributed by atoms with Crippen molar-refractivity contribution in [2.75, 3.05) is 31.1 Å². The molecule has 2 rings (SSSR count). The lowest BCUT2D eigenvalue weighted by atomic mass is 10.1. The molecule has 1 unspecified atom stereocenters. The zero-order valence-corrected chi connectivity index (χ0v) is 12.3. The first-order valence-electron chi connectivity index (χ1n) is 6.84. The standard InChI is InChI=1S/C15H20ClN3/c1-3-12(2)18-6-8-19(9-7-18)15-5-4-14(16)10-13(15)11-17/h4-5,10,12H,3,6-9H2,1-2H3. The molecule has 0 saturated carbocycles. The molecule has 0 aliphatic carbocycles. The average Bonchev–Trinajstić information content (AvgIpc) is 2.46. The van der Waals surface area contributed by atoms with Gasteiger partial charge in [-0.1, -0.05) is 18.5 Å². The highest BCUT2D eigenvalue weighted by molar-refractivity contribution is 6.30. The maximum absolute atomic E-state index is 9.21. The summed E-state index contributed by atoms with van der Waals surface area (Å²) in [5.41, 5.74) is 1.68. The van der Waals surface area contributed by atoms with Crippen molar-refractivity contribution in [1.82, 2.24) is 4.90 Å². The van der Waals surface area contributed by atoms with Gasteiger partial charge in [-0.3, -0.25) is 4.90 Å². The van der Waals surface area contributed by atoms with Crippen molar-refractivity contribution in [3.63, 3.8) is 0 Å². The Hall–Kier alpha value is -1.24. The van der Waals surface area contributed by atoms with Crippen molar-refractivity contribution in [3.05, 3.63) is 28.8 Å². The van der Waals surface area contributed by atoms with E-state index in [1.807, 2.05) is 12.1 Å². The number of piperazine rings is 1. The van der Waals surface area contributed by atoms with Gasteiger partial charge in [0.1, 0.15) is 6.07 Å². The number of nitriles is 1. The summed E-state index contributed by atoms with van der Waals surface area (Å²) in [6.45, 7) is 8.56. The molecule has 0 aromatic heterocycles. The second kappa shape index (κ2) is 6.27. The minimum atomic E-state index is 0.624. The van der Waals surface area contributed by atoms with E-state index in [1.54, 1.807) is 6.07 Å². The third kappa shape index (κ3) is 3.20. The Labute approximate surface area is 120 Å². The van der Waals surface area contributed by atoms with Crippen LogP contribution in [0.1, 0.15) is 25.8 Å². The summed E-state index contributed by atoms with van der Waals surface area (Å²) in [5, 5.41) is 9.83. The van der Waals surface area contributed by atoms with E-state index in [0.29, 0.717) is 16.6 Å². The molecule has 0 radical (unpaired) electrons. The van der Waals surface area contributed by atoms with Gasteiger partial charge < -0.3 is 4.90 Å². The van der Waals surface area contributed by atoms with E-state index in [0.717, 1.165) is 31.9 Å². The zero-order valence-electron chi connectivity index (χ0n) is 11.6. The van der Waals surface area contributed by atoms with Gasteiger partial charge in [-0.15, -0.1) is 0 Å². The Morgan fingerprint density at radius 1 is 1.32 bits per heavy atom. The fourth-order valence-electron chi connectivity index (χ4n) is 2.54. The second-order valence-electron chi connectivity index (χ2n) is 5.05. The lowest BCUT2D eigenvalue weighted by Crippen LogP contribution is -2.49. The summed E-state index contributed by atoms with van der Waals surface area (Å²) in [6.07, 6.45) is 1.18. The third-order valence-corrected chi connectivity index (χ3v) is 4.18. The van der Waals surface area contributed by atoms with Crippen LogP contribution in [0.5, 0.6) is 0 Å². The van der Waals surface area contributed by atoms with Gasteiger partial charge in [-0.2, -0.15) is 5.26 Å². The van der Waals surface area contributed by atoms with Crippen molar-refractivity contribution >= 4 is 17.3 Å². The van der Waals surface area contributed by atoms with E-state index in [-0.39, 0.29) is 0 Å². The van der Waals surface area contributed by atoms with Crippen LogP contribution >= 0.6 is 11.6 Å². The Bertz CT molecular complexity index is 473. The number of rotatable bonds is 3. The molecule has 4 heteroatoms. The maximum Gasteiger partial charge on any atom is 0.101 e. The SMILES string of the molecule is CCC(C)N1CCN(c2ccc(Cl)cc2C#N)CC1. The van der Waals surface area contributed by atoms with Crippen LogP contribution in [-0.4, -0.2) is 37.1 Å². The lowest BCUT2D eigenvalue weighted by molar-refractivity contribution is 0.193. The van der Waals surface area contributed by atoms with E-state index in [1.165, 1.54) is 6.42 Å². The molecule has 1 aromatic carbocycles. The van der Waals surface area contributed by atoms with Gasteiger partial charge in [0.15, 0.2) is 0 Å². The van der Waals surface area contributed by atoms with Crippen LogP contribution in [0, 0.1) is 11.3 Å². The Kier molecular flexibility index (Phi) is 4.68. The van der Waals surface area contributed by atoms with Crippen molar-refractivity contribution in [2.24, 2.45) is 0 Å². The highest BCUT2D eigenvalue weighted by atomic mass is 35.5. The molecule has 0 amide bonds. The van der Waals surface area contributed by atoms with Gasteiger partial charge in [0.2, 0.25) is 0 Å². The fraction of sp³-hybridized carbons (Fsp3) is 0.533. The van der Waals surface area contributed by atoms with Crippen LogP contribution in [-0.2, 0) is 0 Å². The Morgan fingerprint density at radius 2 is 2.00 bits per heavy atom. The number of benzene rings is 1. The van der Waals surface area contributed by atoms with Crippen LogP contribution in [0.4, 0.5) is 5.69 Å². The molecule has 19 heavy (non-hydrogen) atoms. The number of nitrogens with zero attached hydrogens (tertiary/aromatic N) is 3. The van der Waals surface area contributed by atoms with Gasteiger partial charge in [-0.05, 0) is 31.5 Å². The molecular formula is C15H20ClN3. The highest BCUT2D eigenvalue weighted by Crippen LogP contribution is 2.25. The van der Waals surface area contributed by atoms with Gasteiger partial charge in [-0.25, -0.2) is 0 Å². The molecule has 1 fully saturated rings. The van der Waals surface area contributed by atoms with Crippen LogP contribution in [0.3, 0.4) is 0 Å². The molecule has 1 aromatic rings. The summed E-state index contributed by atoms with van der Waals surface area (Å²) in [7, 11) is 0. The van der Waals surface area contributed by atoms with Crippen molar-refractivity contribution in [3.8, 4) is 6.07 Å².